The molecule has 0 unspecified atom stereocenters. The Bertz CT molecular complexity index is 253. The standard InChI is InChI=1S/C6H5F.H3NO2S/c7-6-4-2-1-3-5-6;1-4(2)3/h1-5H;4H,(H2,1,2,3). The van der Waals surface area contributed by atoms with Gasteiger partial charge in [0.25, 0.3) is 0 Å². The molecule has 0 aliphatic heterocycles. The van der Waals surface area contributed by atoms with E-state index < -0.39 is 10.9 Å². The molecule has 0 saturated heterocycles. The van der Waals surface area contributed by atoms with E-state index in [9.17, 15) is 4.39 Å². The molecule has 1 aromatic rings. The van der Waals surface area contributed by atoms with Gasteiger partial charge in [-0.3, -0.25) is 0 Å². The van der Waals surface area contributed by atoms with Crippen LogP contribution in [-0.4, -0.2) is 8.42 Å². The van der Waals surface area contributed by atoms with Crippen molar-refractivity contribution in [2.24, 2.45) is 5.14 Å². The number of nitrogens with two attached hydrogens (primary N) is 1. The average molecular weight is 177 g/mol. The summed E-state index contributed by atoms with van der Waals surface area (Å²) in [6.45, 7) is 0. The quantitative estimate of drug-likeness (QED) is 0.560. The molecule has 1 rings (SSSR count). The summed E-state index contributed by atoms with van der Waals surface area (Å²) >= 11 is 0. The predicted molar refractivity (Wildman–Crippen MR) is 40.9 cm³/mol. The first-order valence-electron chi connectivity index (χ1n) is 2.72. The minimum atomic E-state index is -2.62. The topological polar surface area (TPSA) is 60.2 Å². The molecule has 0 amide bonds. The monoisotopic (exact) mass is 177 g/mol. The fourth-order valence-corrected chi connectivity index (χ4v) is 0.415. The molecular formula is C6H8FNO2S. The third kappa shape index (κ3) is 9.06. The summed E-state index contributed by atoms with van der Waals surface area (Å²) in [6.07, 6.45) is 0. The first-order chi connectivity index (χ1) is 5.13. The second-order valence-corrected chi connectivity index (χ2v) is 2.15. The van der Waals surface area contributed by atoms with Gasteiger partial charge in [0.15, 0.2) is 10.9 Å². The van der Waals surface area contributed by atoms with Crippen molar-refractivity contribution in [3.05, 3.63) is 36.1 Å². The van der Waals surface area contributed by atoms with Crippen molar-refractivity contribution >= 4 is 10.9 Å². The van der Waals surface area contributed by atoms with E-state index in [1.54, 1.807) is 18.2 Å². The lowest BCUT2D eigenvalue weighted by Crippen LogP contribution is -1.85. The first kappa shape index (κ1) is 10.1. The maximum Gasteiger partial charge on any atom is 0.198 e. The second kappa shape index (κ2) is 5.82. The van der Waals surface area contributed by atoms with E-state index in [1.807, 2.05) is 0 Å². The molecular weight excluding hydrogens is 169 g/mol. The van der Waals surface area contributed by atoms with Crippen molar-refractivity contribution in [2.75, 3.05) is 0 Å². The lowest BCUT2D eigenvalue weighted by atomic mass is 10.4. The minimum absolute atomic E-state index is 0.178. The zero-order valence-electron chi connectivity index (χ0n) is 5.61. The summed E-state index contributed by atoms with van der Waals surface area (Å²) in [6, 6.07) is 7.94. The Morgan fingerprint density at radius 1 is 1.18 bits per heavy atom. The number of rotatable bonds is 0. The summed E-state index contributed by atoms with van der Waals surface area (Å²) in [4.78, 5) is 0. The largest absolute Gasteiger partial charge is 0.231 e. The Kier molecular flexibility index (Phi) is 5.32. The van der Waals surface area contributed by atoms with E-state index in [-0.39, 0.29) is 5.82 Å². The summed E-state index contributed by atoms with van der Waals surface area (Å²) in [5, 5.41) is 4.06. The summed E-state index contributed by atoms with van der Waals surface area (Å²) in [7, 11) is -2.62. The maximum atomic E-state index is 11.9. The second-order valence-electron chi connectivity index (χ2n) is 1.58. The minimum Gasteiger partial charge on any atom is -0.231 e. The zero-order chi connectivity index (χ0) is 8.69. The van der Waals surface area contributed by atoms with Gasteiger partial charge in [0.2, 0.25) is 0 Å². The van der Waals surface area contributed by atoms with Crippen LogP contribution >= 0.6 is 0 Å². The fraction of sp³-hybridized carbons (Fsp3) is 0. The van der Waals surface area contributed by atoms with Crippen LogP contribution in [0.4, 0.5) is 4.39 Å². The molecule has 0 heterocycles. The SMILES string of the molecule is Fc1ccccc1.N[SH](=O)=O. The number of halogens is 1. The number of hydrogen-bond acceptors (Lipinski definition) is 2. The van der Waals surface area contributed by atoms with Crippen LogP contribution in [0, 0.1) is 5.82 Å². The van der Waals surface area contributed by atoms with Gasteiger partial charge >= 0.3 is 0 Å². The van der Waals surface area contributed by atoms with Gasteiger partial charge in [-0.2, -0.15) is 0 Å². The highest BCUT2D eigenvalue weighted by Gasteiger charge is 1.77. The van der Waals surface area contributed by atoms with Gasteiger partial charge < -0.3 is 0 Å². The number of thiol groups is 1. The molecule has 3 nitrogen and oxygen atoms in total. The van der Waals surface area contributed by atoms with Crippen LogP contribution in [-0.2, 0) is 10.9 Å². The predicted octanol–water partition coefficient (Wildman–Crippen LogP) is 0.297. The van der Waals surface area contributed by atoms with E-state index in [0.717, 1.165) is 0 Å². The highest BCUT2D eigenvalue weighted by molar-refractivity contribution is 7.69. The van der Waals surface area contributed by atoms with E-state index in [0.29, 0.717) is 0 Å². The van der Waals surface area contributed by atoms with Crippen LogP contribution in [0.1, 0.15) is 0 Å². The van der Waals surface area contributed by atoms with E-state index >= 15 is 0 Å². The van der Waals surface area contributed by atoms with Crippen molar-refractivity contribution in [2.45, 2.75) is 0 Å². The van der Waals surface area contributed by atoms with Crippen LogP contribution < -0.4 is 5.14 Å². The highest BCUT2D eigenvalue weighted by atomic mass is 32.2. The molecule has 0 aromatic heterocycles. The maximum absolute atomic E-state index is 11.9. The Morgan fingerprint density at radius 2 is 1.55 bits per heavy atom. The Hall–Kier alpha value is -0.940. The molecule has 0 aliphatic rings. The van der Waals surface area contributed by atoms with Crippen LogP contribution in [0.2, 0.25) is 0 Å². The molecule has 1 aromatic carbocycles. The Morgan fingerprint density at radius 3 is 1.73 bits per heavy atom. The average Bonchev–Trinajstić information content (AvgIpc) is 1.87. The van der Waals surface area contributed by atoms with Gasteiger partial charge in [0.1, 0.15) is 5.82 Å². The zero-order valence-corrected chi connectivity index (χ0v) is 6.50. The van der Waals surface area contributed by atoms with Gasteiger partial charge in [0, 0.05) is 0 Å². The molecule has 5 heteroatoms. The van der Waals surface area contributed by atoms with Crippen molar-refractivity contribution in [1.29, 1.82) is 0 Å². The van der Waals surface area contributed by atoms with Gasteiger partial charge in [-0.05, 0) is 12.1 Å². The third-order valence-corrected chi connectivity index (χ3v) is 0.733. The molecule has 0 spiro atoms. The van der Waals surface area contributed by atoms with Crippen LogP contribution in [0.5, 0.6) is 0 Å². The van der Waals surface area contributed by atoms with E-state index in [2.05, 4.69) is 5.14 Å². The normalized spacial score (nSPS) is 8.64. The Balaban J connectivity index is 0.000000218. The highest BCUT2D eigenvalue weighted by Crippen LogP contribution is 1.91. The molecule has 0 saturated carbocycles. The molecule has 62 valence electrons. The molecule has 2 N–H and O–H groups in total. The van der Waals surface area contributed by atoms with Crippen LogP contribution in [0.25, 0.3) is 0 Å². The van der Waals surface area contributed by atoms with E-state index in [4.69, 9.17) is 8.42 Å². The number of benzene rings is 1. The molecule has 0 fully saturated rings. The van der Waals surface area contributed by atoms with Crippen molar-refractivity contribution in [1.82, 2.24) is 0 Å². The van der Waals surface area contributed by atoms with E-state index in [1.165, 1.54) is 12.1 Å². The van der Waals surface area contributed by atoms with Crippen molar-refractivity contribution in [3.8, 4) is 0 Å². The smallest absolute Gasteiger partial charge is 0.198 e. The van der Waals surface area contributed by atoms with Gasteiger partial charge in [-0.15, -0.1) is 0 Å². The lowest BCUT2D eigenvalue weighted by Gasteiger charge is -1.78. The van der Waals surface area contributed by atoms with Crippen LogP contribution in [0.15, 0.2) is 30.3 Å². The van der Waals surface area contributed by atoms with Gasteiger partial charge in [0.05, 0.1) is 0 Å². The lowest BCUT2D eigenvalue weighted by molar-refractivity contribution is 0.616. The molecule has 0 atom stereocenters. The Labute approximate surface area is 65.7 Å². The molecule has 0 bridgehead atoms. The van der Waals surface area contributed by atoms with Crippen LogP contribution in [0.3, 0.4) is 0 Å². The van der Waals surface area contributed by atoms with Crippen molar-refractivity contribution in [3.63, 3.8) is 0 Å². The van der Waals surface area contributed by atoms with Crippen molar-refractivity contribution < 1.29 is 12.8 Å². The first-order valence-corrected chi connectivity index (χ1v) is 3.97. The number of hydrogen-bond donors (Lipinski definition) is 2. The fourth-order valence-electron chi connectivity index (χ4n) is 0.415. The van der Waals surface area contributed by atoms with Gasteiger partial charge in [-0.1, -0.05) is 18.2 Å². The van der Waals surface area contributed by atoms with Gasteiger partial charge in [-0.25, -0.2) is 17.9 Å². The summed E-state index contributed by atoms with van der Waals surface area (Å²) in [5.41, 5.74) is 0. The summed E-state index contributed by atoms with van der Waals surface area (Å²) in [5.74, 6) is -0.178. The third-order valence-electron chi connectivity index (χ3n) is 0.733. The summed E-state index contributed by atoms with van der Waals surface area (Å²) < 4.78 is 29.5. The molecule has 11 heavy (non-hydrogen) atoms. The molecule has 0 radical (unpaired) electrons. The molecule has 0 aliphatic carbocycles.